The van der Waals surface area contributed by atoms with Gasteiger partial charge in [0, 0.05) is 11.3 Å². The maximum Gasteiger partial charge on any atom is 0.176 e. The second-order valence-electron chi connectivity index (χ2n) is 7.01. The summed E-state index contributed by atoms with van der Waals surface area (Å²) in [6, 6.07) is 18.2. The zero-order chi connectivity index (χ0) is 17.4. The minimum atomic E-state index is 0.117. The van der Waals surface area contributed by atoms with Gasteiger partial charge in [-0.25, -0.2) is 0 Å². The van der Waals surface area contributed by atoms with Gasteiger partial charge in [0.2, 0.25) is 0 Å². The molecule has 128 valence electrons. The number of furan rings is 1. The molecular formula is C21H21NO3. The van der Waals surface area contributed by atoms with Gasteiger partial charge in [-0.3, -0.25) is 0 Å². The summed E-state index contributed by atoms with van der Waals surface area (Å²) in [5, 5.41) is 14.1. The van der Waals surface area contributed by atoms with E-state index in [-0.39, 0.29) is 11.3 Å². The van der Waals surface area contributed by atoms with Crippen LogP contribution in [0.15, 0.2) is 64.2 Å². The predicted molar refractivity (Wildman–Crippen MR) is 97.6 cm³/mol. The lowest BCUT2D eigenvalue weighted by atomic mass is 9.58. The molecule has 0 bridgehead atoms. The van der Waals surface area contributed by atoms with Crippen molar-refractivity contribution in [2.24, 2.45) is 11.1 Å². The molecular weight excluding hydrogens is 314 g/mol. The number of hydrogen-bond acceptors (Lipinski definition) is 4. The fourth-order valence-corrected chi connectivity index (χ4v) is 3.95. The first-order valence-electron chi connectivity index (χ1n) is 8.49. The minimum Gasteiger partial charge on any atom is -0.493 e. The van der Waals surface area contributed by atoms with Crippen molar-refractivity contribution in [2.75, 3.05) is 7.11 Å². The van der Waals surface area contributed by atoms with E-state index in [0.29, 0.717) is 22.8 Å². The van der Waals surface area contributed by atoms with Crippen LogP contribution in [0.3, 0.4) is 0 Å². The molecule has 0 unspecified atom stereocenters. The van der Waals surface area contributed by atoms with Crippen LogP contribution in [0, 0.1) is 5.92 Å². The van der Waals surface area contributed by atoms with Crippen LogP contribution in [0.4, 0.5) is 0 Å². The molecule has 4 nitrogen and oxygen atoms in total. The molecule has 1 saturated carbocycles. The first kappa shape index (κ1) is 15.8. The average Bonchev–Trinajstić information content (AvgIpc) is 3.05. The highest BCUT2D eigenvalue weighted by molar-refractivity contribution is 6.03. The third kappa shape index (κ3) is 2.58. The Morgan fingerprint density at radius 2 is 1.92 bits per heavy atom. The molecule has 25 heavy (non-hydrogen) atoms. The molecule has 0 atom stereocenters. The number of ether oxygens (including phenoxy) is 1. The smallest absolute Gasteiger partial charge is 0.176 e. The van der Waals surface area contributed by atoms with E-state index in [2.05, 4.69) is 36.3 Å². The van der Waals surface area contributed by atoms with Gasteiger partial charge >= 0.3 is 0 Å². The van der Waals surface area contributed by atoms with Crippen molar-refractivity contribution in [2.45, 2.75) is 25.2 Å². The van der Waals surface area contributed by atoms with Gasteiger partial charge in [-0.1, -0.05) is 54.5 Å². The van der Waals surface area contributed by atoms with Gasteiger partial charge in [0.1, 0.15) is 5.71 Å². The van der Waals surface area contributed by atoms with Crippen molar-refractivity contribution >= 4 is 16.7 Å². The number of oxime groups is 1. The average molecular weight is 335 g/mol. The van der Waals surface area contributed by atoms with Gasteiger partial charge in [-0.15, -0.1) is 0 Å². The first-order valence-corrected chi connectivity index (χ1v) is 8.49. The van der Waals surface area contributed by atoms with Gasteiger partial charge in [-0.05, 0) is 36.0 Å². The minimum absolute atomic E-state index is 0.117. The molecule has 0 aliphatic heterocycles. The molecule has 0 amide bonds. The molecule has 1 aliphatic carbocycles. The van der Waals surface area contributed by atoms with Crippen LogP contribution >= 0.6 is 0 Å². The SMILES string of the molecule is COc1cccc2cc(C(=NO)C3CC(C)(c4ccccc4)C3)oc12. The zero-order valence-corrected chi connectivity index (χ0v) is 14.4. The lowest BCUT2D eigenvalue weighted by Gasteiger charge is -2.45. The molecule has 0 saturated heterocycles. The van der Waals surface area contributed by atoms with E-state index in [0.717, 1.165) is 18.2 Å². The Morgan fingerprint density at radius 1 is 1.16 bits per heavy atom. The summed E-state index contributed by atoms with van der Waals surface area (Å²) in [7, 11) is 1.62. The second kappa shape index (κ2) is 5.96. The molecule has 4 heteroatoms. The molecule has 2 aromatic carbocycles. The number of methoxy groups -OCH3 is 1. The Balaban J connectivity index is 1.61. The van der Waals surface area contributed by atoms with Gasteiger partial charge < -0.3 is 14.4 Å². The quantitative estimate of drug-likeness (QED) is 0.415. The van der Waals surface area contributed by atoms with E-state index < -0.39 is 0 Å². The molecule has 1 fully saturated rings. The number of hydrogen-bond donors (Lipinski definition) is 1. The first-order chi connectivity index (χ1) is 12.1. The van der Waals surface area contributed by atoms with Crippen LogP contribution < -0.4 is 4.74 Å². The Labute approximate surface area is 146 Å². The molecule has 0 spiro atoms. The van der Waals surface area contributed by atoms with E-state index in [1.54, 1.807) is 7.11 Å². The zero-order valence-electron chi connectivity index (χ0n) is 14.4. The topological polar surface area (TPSA) is 55.0 Å². The molecule has 3 aromatic rings. The summed E-state index contributed by atoms with van der Waals surface area (Å²) in [4.78, 5) is 0. The fraction of sp³-hybridized carbons (Fsp3) is 0.286. The predicted octanol–water partition coefficient (Wildman–Crippen LogP) is 4.99. The summed E-state index contributed by atoms with van der Waals surface area (Å²) < 4.78 is 11.3. The standard InChI is InChI=1S/C21H21NO3/c1-21(16-8-4-3-5-9-16)12-15(13-21)19(22-23)18-11-14-7-6-10-17(24-2)20(14)25-18/h3-11,15,23H,12-13H2,1-2H3. The summed E-state index contributed by atoms with van der Waals surface area (Å²) in [6.07, 6.45) is 1.87. The van der Waals surface area contributed by atoms with Gasteiger partial charge in [0.05, 0.1) is 7.11 Å². The molecule has 4 rings (SSSR count). The summed E-state index contributed by atoms with van der Waals surface area (Å²) in [5.74, 6) is 1.48. The van der Waals surface area contributed by atoms with Gasteiger partial charge in [0.15, 0.2) is 17.1 Å². The maximum absolute atomic E-state index is 9.60. The number of rotatable bonds is 4. The van der Waals surface area contributed by atoms with Crippen molar-refractivity contribution in [3.63, 3.8) is 0 Å². The van der Waals surface area contributed by atoms with Crippen LogP contribution in [0.25, 0.3) is 11.0 Å². The van der Waals surface area contributed by atoms with Crippen molar-refractivity contribution in [3.05, 3.63) is 65.9 Å². The highest BCUT2D eigenvalue weighted by atomic mass is 16.5. The lowest BCUT2D eigenvalue weighted by Crippen LogP contribution is -2.42. The summed E-state index contributed by atoms with van der Waals surface area (Å²) in [5.41, 5.74) is 2.75. The van der Waals surface area contributed by atoms with E-state index >= 15 is 0 Å². The summed E-state index contributed by atoms with van der Waals surface area (Å²) >= 11 is 0. The van der Waals surface area contributed by atoms with Crippen molar-refractivity contribution in [1.29, 1.82) is 0 Å². The molecule has 1 N–H and O–H groups in total. The second-order valence-corrected chi connectivity index (χ2v) is 7.01. The van der Waals surface area contributed by atoms with Crippen molar-refractivity contribution < 1.29 is 14.4 Å². The van der Waals surface area contributed by atoms with E-state index in [1.165, 1.54) is 5.56 Å². The highest BCUT2D eigenvalue weighted by Gasteiger charge is 2.45. The van der Waals surface area contributed by atoms with Crippen molar-refractivity contribution in [1.82, 2.24) is 0 Å². The maximum atomic E-state index is 9.60. The largest absolute Gasteiger partial charge is 0.493 e. The van der Waals surface area contributed by atoms with Gasteiger partial charge in [0.25, 0.3) is 0 Å². The van der Waals surface area contributed by atoms with Crippen LogP contribution in [0.2, 0.25) is 0 Å². The third-order valence-corrected chi connectivity index (χ3v) is 5.34. The Kier molecular flexibility index (Phi) is 3.75. The summed E-state index contributed by atoms with van der Waals surface area (Å²) in [6.45, 7) is 2.26. The molecule has 0 radical (unpaired) electrons. The molecule has 1 aromatic heterocycles. The number of fused-ring (bicyclic) bond motifs is 1. The van der Waals surface area contributed by atoms with Gasteiger partial charge in [-0.2, -0.15) is 0 Å². The number of para-hydroxylation sites is 1. The molecule has 1 heterocycles. The normalized spacial score (nSPS) is 23.4. The fourth-order valence-electron chi connectivity index (χ4n) is 3.95. The Morgan fingerprint density at radius 3 is 2.60 bits per heavy atom. The number of nitrogens with zero attached hydrogens (tertiary/aromatic N) is 1. The van der Waals surface area contributed by atoms with E-state index in [4.69, 9.17) is 9.15 Å². The lowest BCUT2D eigenvalue weighted by molar-refractivity contribution is 0.209. The van der Waals surface area contributed by atoms with Crippen LogP contribution in [0.1, 0.15) is 31.1 Å². The Hall–Kier alpha value is -2.75. The van der Waals surface area contributed by atoms with E-state index in [1.807, 2.05) is 30.3 Å². The third-order valence-electron chi connectivity index (χ3n) is 5.34. The highest BCUT2D eigenvalue weighted by Crippen LogP contribution is 2.49. The van der Waals surface area contributed by atoms with Crippen LogP contribution in [-0.4, -0.2) is 18.0 Å². The Bertz CT molecular complexity index is 921. The molecule has 1 aliphatic rings. The monoisotopic (exact) mass is 335 g/mol. The van der Waals surface area contributed by atoms with Crippen LogP contribution in [-0.2, 0) is 5.41 Å². The van der Waals surface area contributed by atoms with Crippen molar-refractivity contribution in [3.8, 4) is 5.75 Å². The van der Waals surface area contributed by atoms with Crippen LogP contribution in [0.5, 0.6) is 5.75 Å². The van der Waals surface area contributed by atoms with E-state index in [9.17, 15) is 5.21 Å². The number of benzene rings is 2.